The minimum absolute atomic E-state index is 0.800. The standard InChI is InChI=1S/C15H26N4/c1-4-13-14(16-3)18-10-19-15(13)17-9-12-7-5-11(2)6-8-12/h10-12H,4-9H2,1-3H3,(H2,16,17,18,19). The average molecular weight is 262 g/mol. The molecule has 0 spiro atoms. The zero-order valence-corrected chi connectivity index (χ0v) is 12.4. The Labute approximate surface area is 116 Å². The highest BCUT2D eigenvalue weighted by Crippen LogP contribution is 2.29. The van der Waals surface area contributed by atoms with E-state index in [2.05, 4.69) is 34.4 Å². The Morgan fingerprint density at radius 1 is 1.16 bits per heavy atom. The van der Waals surface area contributed by atoms with Crippen LogP contribution in [0.1, 0.15) is 45.1 Å². The second-order valence-electron chi connectivity index (χ2n) is 5.66. The monoisotopic (exact) mass is 262 g/mol. The fourth-order valence-corrected chi connectivity index (χ4v) is 2.89. The Morgan fingerprint density at radius 2 is 1.84 bits per heavy atom. The Morgan fingerprint density at radius 3 is 2.47 bits per heavy atom. The maximum Gasteiger partial charge on any atom is 0.134 e. The second kappa shape index (κ2) is 6.73. The summed E-state index contributed by atoms with van der Waals surface area (Å²) in [4.78, 5) is 8.67. The van der Waals surface area contributed by atoms with E-state index in [1.165, 1.54) is 31.2 Å². The topological polar surface area (TPSA) is 49.8 Å². The van der Waals surface area contributed by atoms with Gasteiger partial charge in [0.2, 0.25) is 0 Å². The first-order valence-electron chi connectivity index (χ1n) is 7.50. The summed E-state index contributed by atoms with van der Waals surface area (Å²) in [5.74, 6) is 3.66. The van der Waals surface area contributed by atoms with Crippen LogP contribution in [0.25, 0.3) is 0 Å². The molecule has 4 heteroatoms. The molecule has 1 aliphatic rings. The molecular formula is C15H26N4. The molecule has 0 atom stereocenters. The largest absolute Gasteiger partial charge is 0.373 e. The van der Waals surface area contributed by atoms with Crippen LogP contribution >= 0.6 is 0 Å². The van der Waals surface area contributed by atoms with Crippen molar-refractivity contribution in [2.24, 2.45) is 11.8 Å². The van der Waals surface area contributed by atoms with E-state index >= 15 is 0 Å². The van der Waals surface area contributed by atoms with Crippen LogP contribution in [0.3, 0.4) is 0 Å². The van der Waals surface area contributed by atoms with Crippen molar-refractivity contribution in [2.75, 3.05) is 24.2 Å². The van der Waals surface area contributed by atoms with Crippen LogP contribution < -0.4 is 10.6 Å². The second-order valence-corrected chi connectivity index (χ2v) is 5.66. The first-order chi connectivity index (χ1) is 9.24. The van der Waals surface area contributed by atoms with Crippen molar-refractivity contribution in [3.63, 3.8) is 0 Å². The zero-order chi connectivity index (χ0) is 13.7. The molecule has 106 valence electrons. The normalized spacial score (nSPS) is 23.1. The van der Waals surface area contributed by atoms with E-state index in [0.29, 0.717) is 0 Å². The molecule has 4 nitrogen and oxygen atoms in total. The van der Waals surface area contributed by atoms with E-state index < -0.39 is 0 Å². The minimum atomic E-state index is 0.800. The molecule has 0 amide bonds. The van der Waals surface area contributed by atoms with Crippen LogP contribution in [0.2, 0.25) is 0 Å². The van der Waals surface area contributed by atoms with Gasteiger partial charge in [0.1, 0.15) is 18.0 Å². The lowest BCUT2D eigenvalue weighted by Crippen LogP contribution is -2.21. The molecule has 1 aromatic heterocycles. The molecule has 19 heavy (non-hydrogen) atoms. The highest BCUT2D eigenvalue weighted by Gasteiger charge is 2.18. The highest BCUT2D eigenvalue weighted by atomic mass is 15.1. The van der Waals surface area contributed by atoms with Gasteiger partial charge in [-0.3, -0.25) is 0 Å². The van der Waals surface area contributed by atoms with E-state index in [1.807, 2.05) is 7.05 Å². The van der Waals surface area contributed by atoms with Gasteiger partial charge in [-0.2, -0.15) is 0 Å². The summed E-state index contributed by atoms with van der Waals surface area (Å²) in [5, 5.41) is 6.67. The number of anilines is 2. The lowest BCUT2D eigenvalue weighted by molar-refractivity contribution is 0.300. The molecule has 0 aromatic carbocycles. The van der Waals surface area contributed by atoms with Crippen LogP contribution in [0.4, 0.5) is 11.6 Å². The van der Waals surface area contributed by atoms with E-state index in [9.17, 15) is 0 Å². The van der Waals surface area contributed by atoms with Gasteiger partial charge >= 0.3 is 0 Å². The van der Waals surface area contributed by atoms with Crippen molar-refractivity contribution < 1.29 is 0 Å². The zero-order valence-electron chi connectivity index (χ0n) is 12.4. The number of rotatable bonds is 5. The third-order valence-corrected chi connectivity index (χ3v) is 4.23. The van der Waals surface area contributed by atoms with Gasteiger partial charge in [0.25, 0.3) is 0 Å². The molecule has 0 saturated heterocycles. The molecule has 1 saturated carbocycles. The summed E-state index contributed by atoms with van der Waals surface area (Å²) in [6.07, 6.45) is 8.02. The maximum atomic E-state index is 4.40. The number of hydrogen-bond donors (Lipinski definition) is 2. The summed E-state index contributed by atoms with van der Waals surface area (Å²) in [6, 6.07) is 0. The van der Waals surface area contributed by atoms with Gasteiger partial charge < -0.3 is 10.6 Å². The first-order valence-corrected chi connectivity index (χ1v) is 7.50. The lowest BCUT2D eigenvalue weighted by Gasteiger charge is -2.26. The quantitative estimate of drug-likeness (QED) is 0.854. The fourth-order valence-electron chi connectivity index (χ4n) is 2.89. The van der Waals surface area contributed by atoms with Gasteiger partial charge in [0.05, 0.1) is 0 Å². The third-order valence-electron chi connectivity index (χ3n) is 4.23. The molecule has 1 heterocycles. The average Bonchev–Trinajstić information content (AvgIpc) is 2.46. The molecule has 1 aromatic rings. The summed E-state index contributed by atoms with van der Waals surface area (Å²) in [7, 11) is 1.91. The van der Waals surface area contributed by atoms with Crippen LogP contribution in [0.5, 0.6) is 0 Å². The lowest BCUT2D eigenvalue weighted by atomic mass is 9.83. The van der Waals surface area contributed by atoms with Crippen LogP contribution in [0.15, 0.2) is 6.33 Å². The van der Waals surface area contributed by atoms with E-state index in [4.69, 9.17) is 0 Å². The van der Waals surface area contributed by atoms with E-state index in [1.54, 1.807) is 6.33 Å². The molecule has 0 radical (unpaired) electrons. The third kappa shape index (κ3) is 3.58. The molecule has 1 aliphatic carbocycles. The van der Waals surface area contributed by atoms with Crippen molar-refractivity contribution >= 4 is 11.6 Å². The molecule has 0 bridgehead atoms. The minimum Gasteiger partial charge on any atom is -0.373 e. The van der Waals surface area contributed by atoms with Crippen molar-refractivity contribution in [3.8, 4) is 0 Å². The number of aromatic nitrogens is 2. The van der Waals surface area contributed by atoms with Crippen molar-refractivity contribution in [1.82, 2.24) is 9.97 Å². The van der Waals surface area contributed by atoms with Crippen molar-refractivity contribution in [2.45, 2.75) is 46.0 Å². The van der Waals surface area contributed by atoms with Gasteiger partial charge in [0.15, 0.2) is 0 Å². The molecule has 0 unspecified atom stereocenters. The van der Waals surface area contributed by atoms with Crippen molar-refractivity contribution in [3.05, 3.63) is 11.9 Å². The number of nitrogens with one attached hydrogen (secondary N) is 2. The molecule has 2 rings (SSSR count). The molecule has 1 fully saturated rings. The van der Waals surface area contributed by atoms with Crippen molar-refractivity contribution in [1.29, 1.82) is 0 Å². The van der Waals surface area contributed by atoms with Crippen LogP contribution in [0, 0.1) is 11.8 Å². The van der Waals surface area contributed by atoms with E-state index in [-0.39, 0.29) is 0 Å². The Hall–Kier alpha value is -1.32. The van der Waals surface area contributed by atoms with Gasteiger partial charge in [-0.15, -0.1) is 0 Å². The number of nitrogens with zero attached hydrogens (tertiary/aromatic N) is 2. The van der Waals surface area contributed by atoms with Gasteiger partial charge in [-0.1, -0.05) is 26.7 Å². The van der Waals surface area contributed by atoms with Crippen LogP contribution in [-0.2, 0) is 6.42 Å². The summed E-state index contributed by atoms with van der Waals surface area (Å²) in [5.41, 5.74) is 1.19. The summed E-state index contributed by atoms with van der Waals surface area (Å²) >= 11 is 0. The summed E-state index contributed by atoms with van der Waals surface area (Å²) in [6.45, 7) is 5.55. The fraction of sp³-hybridized carbons (Fsp3) is 0.733. The molecule has 0 aliphatic heterocycles. The van der Waals surface area contributed by atoms with Crippen LogP contribution in [-0.4, -0.2) is 23.6 Å². The Kier molecular flexibility index (Phi) is 5.00. The Balaban J connectivity index is 1.95. The van der Waals surface area contributed by atoms with Gasteiger partial charge in [-0.25, -0.2) is 9.97 Å². The SMILES string of the molecule is CCc1c(NC)ncnc1NCC1CCC(C)CC1. The molecular weight excluding hydrogens is 236 g/mol. The maximum absolute atomic E-state index is 4.40. The predicted octanol–water partition coefficient (Wildman–Crippen LogP) is 3.32. The number of hydrogen-bond acceptors (Lipinski definition) is 4. The smallest absolute Gasteiger partial charge is 0.134 e. The molecule has 2 N–H and O–H groups in total. The summed E-state index contributed by atoms with van der Waals surface area (Å²) < 4.78 is 0. The Bertz CT molecular complexity index is 397. The van der Waals surface area contributed by atoms with Gasteiger partial charge in [-0.05, 0) is 31.1 Å². The van der Waals surface area contributed by atoms with Gasteiger partial charge in [0, 0.05) is 19.2 Å². The van der Waals surface area contributed by atoms with E-state index in [0.717, 1.165) is 36.4 Å². The highest BCUT2D eigenvalue weighted by molar-refractivity contribution is 5.57. The first kappa shape index (κ1) is 14.1. The predicted molar refractivity (Wildman–Crippen MR) is 80.6 cm³/mol.